The summed E-state index contributed by atoms with van der Waals surface area (Å²) >= 11 is 6.02. The highest BCUT2D eigenvalue weighted by Crippen LogP contribution is 2.35. The van der Waals surface area contributed by atoms with Crippen LogP contribution in [0.15, 0.2) is 18.2 Å². The molecule has 132 valence electrons. The van der Waals surface area contributed by atoms with Crippen molar-refractivity contribution in [3.8, 4) is 6.07 Å². The van der Waals surface area contributed by atoms with E-state index in [2.05, 4.69) is 10.3 Å². The molecule has 3 rings (SSSR count). The number of carbonyl (C=O) groups is 1. The lowest BCUT2D eigenvalue weighted by Gasteiger charge is -2.13. The molecule has 1 fully saturated rings. The number of nitriles is 1. The Labute approximate surface area is 156 Å². The van der Waals surface area contributed by atoms with Gasteiger partial charge in [-0.3, -0.25) is 4.79 Å². The van der Waals surface area contributed by atoms with Crippen LogP contribution in [-0.2, 0) is 0 Å². The van der Waals surface area contributed by atoms with Crippen LogP contribution in [0.5, 0.6) is 0 Å². The van der Waals surface area contributed by atoms with Gasteiger partial charge in [-0.1, -0.05) is 11.6 Å². The summed E-state index contributed by atoms with van der Waals surface area (Å²) in [4.78, 5) is 16.7. The number of hydrogen-bond acceptors (Lipinski definition) is 5. The van der Waals surface area contributed by atoms with Crippen LogP contribution in [0.4, 0.5) is 11.4 Å². The van der Waals surface area contributed by atoms with Crippen LogP contribution in [0.1, 0.15) is 45.6 Å². The molecular formula is C19H18ClN5O. The Morgan fingerprint density at radius 3 is 2.69 bits per heavy atom. The van der Waals surface area contributed by atoms with Crippen molar-refractivity contribution in [3.05, 3.63) is 51.3 Å². The Kier molecular flexibility index (Phi) is 4.66. The summed E-state index contributed by atoms with van der Waals surface area (Å²) in [7, 11) is 0. The normalized spacial score (nSPS) is 13.2. The number of nitrogens with zero attached hydrogens (tertiary/aromatic N) is 2. The van der Waals surface area contributed by atoms with Crippen molar-refractivity contribution in [2.75, 3.05) is 11.1 Å². The molecule has 1 aliphatic rings. The van der Waals surface area contributed by atoms with Crippen molar-refractivity contribution in [2.45, 2.75) is 26.7 Å². The minimum atomic E-state index is -0.425. The number of hydrogen-bond donors (Lipinski definition) is 3. The van der Waals surface area contributed by atoms with Crippen molar-refractivity contribution >= 4 is 34.6 Å². The zero-order chi connectivity index (χ0) is 19.0. The highest BCUT2D eigenvalue weighted by Gasteiger charge is 2.28. The SMILES string of the molecule is Cc1c(C(=O)Nc2ccc(N)c(C(=N)C3CC3)c2)nc(Cl)c(C#N)c1C. The largest absolute Gasteiger partial charge is 0.398 e. The number of benzene rings is 1. The topological polar surface area (TPSA) is 116 Å². The van der Waals surface area contributed by atoms with Crippen LogP contribution in [0.2, 0.25) is 5.15 Å². The van der Waals surface area contributed by atoms with E-state index in [1.54, 1.807) is 32.0 Å². The maximum Gasteiger partial charge on any atom is 0.274 e. The predicted molar refractivity (Wildman–Crippen MR) is 102 cm³/mol. The third kappa shape index (κ3) is 3.26. The maximum absolute atomic E-state index is 12.7. The molecule has 1 saturated carbocycles. The average molecular weight is 368 g/mol. The molecule has 0 radical (unpaired) electrons. The second-order valence-electron chi connectivity index (χ2n) is 6.43. The van der Waals surface area contributed by atoms with Crippen LogP contribution in [0.25, 0.3) is 0 Å². The zero-order valence-corrected chi connectivity index (χ0v) is 15.2. The van der Waals surface area contributed by atoms with Crippen LogP contribution in [0, 0.1) is 36.5 Å². The first-order chi connectivity index (χ1) is 12.3. The van der Waals surface area contributed by atoms with Crippen LogP contribution in [0.3, 0.4) is 0 Å². The minimum absolute atomic E-state index is 0.00857. The Morgan fingerprint density at radius 2 is 2.08 bits per heavy atom. The lowest BCUT2D eigenvalue weighted by atomic mass is 10.0. The molecule has 0 unspecified atom stereocenters. The van der Waals surface area contributed by atoms with E-state index in [-0.39, 0.29) is 22.3 Å². The molecule has 0 saturated heterocycles. The molecule has 26 heavy (non-hydrogen) atoms. The highest BCUT2D eigenvalue weighted by molar-refractivity contribution is 6.31. The standard InChI is InChI=1S/C19H18ClN5O/c1-9-10(2)17(25-18(20)14(9)8-21)19(26)24-12-5-6-15(22)13(7-12)16(23)11-3-4-11/h5-7,11,23H,3-4,22H2,1-2H3,(H,24,26). The lowest BCUT2D eigenvalue weighted by Crippen LogP contribution is -2.17. The molecule has 2 aromatic rings. The summed E-state index contributed by atoms with van der Waals surface area (Å²) in [5, 5.41) is 20.1. The smallest absolute Gasteiger partial charge is 0.274 e. The Hall–Kier alpha value is -2.91. The number of pyridine rings is 1. The van der Waals surface area contributed by atoms with Gasteiger partial charge in [-0.05, 0) is 56.0 Å². The number of rotatable bonds is 4. The average Bonchev–Trinajstić information content (AvgIpc) is 3.44. The fourth-order valence-electron chi connectivity index (χ4n) is 2.76. The second-order valence-corrected chi connectivity index (χ2v) is 6.79. The number of nitrogen functional groups attached to an aromatic ring is 1. The van der Waals surface area contributed by atoms with E-state index in [0.29, 0.717) is 33.8 Å². The summed E-state index contributed by atoms with van der Waals surface area (Å²) < 4.78 is 0. The van der Waals surface area contributed by atoms with Crippen LogP contribution < -0.4 is 11.1 Å². The molecule has 7 heteroatoms. The van der Waals surface area contributed by atoms with E-state index < -0.39 is 5.91 Å². The van der Waals surface area contributed by atoms with Crippen molar-refractivity contribution in [3.63, 3.8) is 0 Å². The molecule has 1 heterocycles. The molecule has 0 spiro atoms. The lowest BCUT2D eigenvalue weighted by molar-refractivity contribution is 0.102. The third-order valence-corrected chi connectivity index (χ3v) is 4.90. The van der Waals surface area contributed by atoms with Gasteiger partial charge in [-0.15, -0.1) is 0 Å². The first-order valence-corrected chi connectivity index (χ1v) is 8.57. The second kappa shape index (κ2) is 6.77. The van der Waals surface area contributed by atoms with Gasteiger partial charge in [0.2, 0.25) is 0 Å². The van der Waals surface area contributed by atoms with E-state index in [1.165, 1.54) is 0 Å². The Balaban J connectivity index is 1.90. The number of amides is 1. The van der Waals surface area contributed by atoms with E-state index in [4.69, 9.17) is 28.0 Å². The Morgan fingerprint density at radius 1 is 1.38 bits per heavy atom. The fourth-order valence-corrected chi connectivity index (χ4v) is 3.03. The number of carbonyl (C=O) groups excluding carboxylic acids is 1. The molecule has 0 aliphatic heterocycles. The first kappa shape index (κ1) is 17.9. The Bertz CT molecular complexity index is 973. The quantitative estimate of drug-likeness (QED) is 0.432. The molecule has 6 nitrogen and oxygen atoms in total. The van der Waals surface area contributed by atoms with Gasteiger partial charge in [-0.25, -0.2) is 4.98 Å². The van der Waals surface area contributed by atoms with Crippen LogP contribution in [-0.4, -0.2) is 16.6 Å². The fraction of sp³-hybridized carbons (Fsp3) is 0.263. The van der Waals surface area contributed by atoms with Crippen molar-refractivity contribution in [1.29, 1.82) is 10.7 Å². The predicted octanol–water partition coefficient (Wildman–Crippen LogP) is 3.84. The summed E-state index contributed by atoms with van der Waals surface area (Å²) in [6, 6.07) is 7.07. The molecule has 1 aliphatic carbocycles. The number of nitrogens with two attached hydrogens (primary N) is 1. The van der Waals surface area contributed by atoms with Gasteiger partial charge in [-0.2, -0.15) is 5.26 Å². The van der Waals surface area contributed by atoms with Gasteiger partial charge in [0.15, 0.2) is 0 Å². The molecule has 0 bridgehead atoms. The summed E-state index contributed by atoms with van der Waals surface area (Å²) in [6.07, 6.45) is 2.00. The van der Waals surface area contributed by atoms with E-state index in [9.17, 15) is 4.79 Å². The van der Waals surface area contributed by atoms with Crippen molar-refractivity contribution in [1.82, 2.24) is 4.98 Å². The highest BCUT2D eigenvalue weighted by atomic mass is 35.5. The van der Waals surface area contributed by atoms with Gasteiger partial charge in [0.25, 0.3) is 5.91 Å². The van der Waals surface area contributed by atoms with E-state index in [1.807, 2.05) is 6.07 Å². The molecule has 4 N–H and O–H groups in total. The van der Waals surface area contributed by atoms with Gasteiger partial charge < -0.3 is 16.5 Å². The van der Waals surface area contributed by atoms with E-state index in [0.717, 1.165) is 12.8 Å². The minimum Gasteiger partial charge on any atom is -0.398 e. The van der Waals surface area contributed by atoms with Crippen molar-refractivity contribution < 1.29 is 4.79 Å². The van der Waals surface area contributed by atoms with Gasteiger partial charge in [0.05, 0.1) is 5.56 Å². The van der Waals surface area contributed by atoms with Crippen LogP contribution >= 0.6 is 11.6 Å². The molecule has 1 aromatic carbocycles. The number of aromatic nitrogens is 1. The molecule has 1 amide bonds. The van der Waals surface area contributed by atoms with Gasteiger partial charge in [0.1, 0.15) is 16.9 Å². The number of anilines is 2. The molecule has 0 atom stereocenters. The van der Waals surface area contributed by atoms with Gasteiger partial charge >= 0.3 is 0 Å². The van der Waals surface area contributed by atoms with Gasteiger partial charge in [0, 0.05) is 28.6 Å². The summed E-state index contributed by atoms with van der Waals surface area (Å²) in [6.45, 7) is 3.46. The zero-order valence-electron chi connectivity index (χ0n) is 14.5. The molecule has 1 aromatic heterocycles. The van der Waals surface area contributed by atoms with E-state index >= 15 is 0 Å². The summed E-state index contributed by atoms with van der Waals surface area (Å²) in [5.74, 6) is -0.169. The monoisotopic (exact) mass is 367 g/mol. The third-order valence-electron chi connectivity index (χ3n) is 4.62. The summed E-state index contributed by atoms with van der Waals surface area (Å²) in [5.41, 5.74) is 9.85. The molecular weight excluding hydrogens is 350 g/mol. The van der Waals surface area contributed by atoms with Crippen molar-refractivity contribution in [2.24, 2.45) is 5.92 Å². The number of halogens is 1. The first-order valence-electron chi connectivity index (χ1n) is 8.20. The maximum atomic E-state index is 12.7. The number of nitrogens with one attached hydrogen (secondary N) is 2.